The highest BCUT2D eigenvalue weighted by atomic mass is 35.5. The summed E-state index contributed by atoms with van der Waals surface area (Å²) >= 11 is 7.70. The minimum absolute atomic E-state index is 0.251. The number of anilines is 1. The number of aryl methyl sites for hydroxylation is 3. The van der Waals surface area contributed by atoms with Crippen LogP contribution in [-0.2, 0) is 0 Å². The number of hydrogen-bond acceptors (Lipinski definition) is 3. The number of carbonyl (C=O) groups is 1. The maximum absolute atomic E-state index is 12.5. The number of amides is 1. The van der Waals surface area contributed by atoms with Crippen molar-refractivity contribution in [3.8, 4) is 10.6 Å². The van der Waals surface area contributed by atoms with Crippen LogP contribution in [0.4, 0.5) is 5.69 Å². The molecule has 0 saturated carbocycles. The van der Waals surface area contributed by atoms with E-state index in [9.17, 15) is 4.79 Å². The molecule has 3 rings (SSSR count). The molecule has 24 heavy (non-hydrogen) atoms. The summed E-state index contributed by atoms with van der Waals surface area (Å²) in [6.07, 6.45) is 0. The number of thiazole rings is 1. The van der Waals surface area contributed by atoms with E-state index in [1.165, 1.54) is 16.9 Å². The molecule has 122 valence electrons. The van der Waals surface area contributed by atoms with Crippen molar-refractivity contribution in [2.75, 3.05) is 5.32 Å². The summed E-state index contributed by atoms with van der Waals surface area (Å²) in [6.45, 7) is 5.93. The molecule has 2 aromatic carbocycles. The van der Waals surface area contributed by atoms with Gasteiger partial charge in [0.05, 0.1) is 10.7 Å². The smallest absolute Gasteiger partial charge is 0.275 e. The van der Waals surface area contributed by atoms with Crippen LogP contribution in [0.25, 0.3) is 10.6 Å². The number of hydrogen-bond donors (Lipinski definition) is 1. The molecule has 1 heterocycles. The summed E-state index contributed by atoms with van der Waals surface area (Å²) in [5.74, 6) is -0.251. The Bertz CT molecular complexity index is 877. The molecule has 0 radical (unpaired) electrons. The van der Waals surface area contributed by atoms with Crippen LogP contribution in [0.15, 0.2) is 41.8 Å². The molecular weight excluding hydrogens is 340 g/mol. The second-order valence-electron chi connectivity index (χ2n) is 5.80. The third-order valence-corrected chi connectivity index (χ3v) is 4.90. The highest BCUT2D eigenvalue weighted by Gasteiger charge is 2.15. The Morgan fingerprint density at radius 3 is 2.46 bits per heavy atom. The number of aromatic nitrogens is 1. The Labute approximate surface area is 150 Å². The zero-order valence-electron chi connectivity index (χ0n) is 13.7. The van der Waals surface area contributed by atoms with E-state index in [2.05, 4.69) is 10.3 Å². The van der Waals surface area contributed by atoms with E-state index < -0.39 is 0 Å². The summed E-state index contributed by atoms with van der Waals surface area (Å²) < 4.78 is 0. The molecule has 0 fully saturated rings. The number of halogens is 1. The first-order valence-electron chi connectivity index (χ1n) is 7.54. The molecule has 0 spiro atoms. The highest BCUT2D eigenvalue weighted by Crippen LogP contribution is 2.29. The van der Waals surface area contributed by atoms with Gasteiger partial charge in [0.15, 0.2) is 0 Å². The third-order valence-electron chi connectivity index (χ3n) is 3.71. The lowest BCUT2D eigenvalue weighted by Gasteiger charge is -2.10. The SMILES string of the molecule is Cc1ccc(-c2nc(C(=O)Nc3c(C)cc(C)cc3Cl)cs2)cc1. The van der Waals surface area contributed by atoms with Crippen LogP contribution in [0, 0.1) is 20.8 Å². The lowest BCUT2D eigenvalue weighted by atomic mass is 10.1. The van der Waals surface area contributed by atoms with Crippen molar-refractivity contribution in [3.63, 3.8) is 0 Å². The zero-order chi connectivity index (χ0) is 17.3. The number of rotatable bonds is 3. The molecule has 0 aliphatic heterocycles. The van der Waals surface area contributed by atoms with E-state index in [0.29, 0.717) is 16.4 Å². The Hall–Kier alpha value is -2.17. The Morgan fingerprint density at radius 1 is 1.08 bits per heavy atom. The van der Waals surface area contributed by atoms with E-state index in [1.54, 1.807) is 5.38 Å². The van der Waals surface area contributed by atoms with Gasteiger partial charge in [-0.25, -0.2) is 4.98 Å². The average Bonchev–Trinajstić information content (AvgIpc) is 3.01. The van der Waals surface area contributed by atoms with Gasteiger partial charge >= 0.3 is 0 Å². The van der Waals surface area contributed by atoms with Crippen LogP contribution in [0.5, 0.6) is 0 Å². The maximum Gasteiger partial charge on any atom is 0.275 e. The van der Waals surface area contributed by atoms with Crippen LogP contribution in [0.3, 0.4) is 0 Å². The molecule has 5 heteroatoms. The van der Waals surface area contributed by atoms with Crippen molar-refractivity contribution in [2.45, 2.75) is 20.8 Å². The van der Waals surface area contributed by atoms with Gasteiger partial charge in [0.25, 0.3) is 5.91 Å². The molecule has 0 bridgehead atoms. The summed E-state index contributed by atoms with van der Waals surface area (Å²) in [5, 5.41) is 6.00. The van der Waals surface area contributed by atoms with Crippen molar-refractivity contribution < 1.29 is 4.79 Å². The van der Waals surface area contributed by atoms with Crippen molar-refractivity contribution in [2.24, 2.45) is 0 Å². The fourth-order valence-electron chi connectivity index (χ4n) is 2.46. The predicted octanol–water partition coefficient (Wildman–Crippen LogP) is 5.64. The molecule has 0 aliphatic carbocycles. The first-order valence-corrected chi connectivity index (χ1v) is 8.80. The molecule has 0 aliphatic rings. The minimum atomic E-state index is -0.251. The summed E-state index contributed by atoms with van der Waals surface area (Å²) in [6, 6.07) is 11.9. The van der Waals surface area contributed by atoms with Gasteiger partial charge in [-0.2, -0.15) is 0 Å². The molecular formula is C19H17ClN2OS. The van der Waals surface area contributed by atoms with Gasteiger partial charge in [-0.1, -0.05) is 47.5 Å². The standard InChI is InChI=1S/C19H17ClN2OS/c1-11-4-6-14(7-5-11)19-21-16(10-24-19)18(23)22-17-13(3)8-12(2)9-15(17)20/h4-10H,1-3H3,(H,22,23). The van der Waals surface area contributed by atoms with Crippen LogP contribution in [0.1, 0.15) is 27.2 Å². The molecule has 1 aromatic heterocycles. The molecule has 3 nitrogen and oxygen atoms in total. The Morgan fingerprint density at radius 2 is 1.79 bits per heavy atom. The van der Waals surface area contributed by atoms with Crippen molar-refractivity contribution in [1.29, 1.82) is 0 Å². The van der Waals surface area contributed by atoms with Crippen LogP contribution in [0.2, 0.25) is 5.02 Å². The molecule has 1 amide bonds. The van der Waals surface area contributed by atoms with E-state index in [0.717, 1.165) is 21.7 Å². The van der Waals surface area contributed by atoms with E-state index in [-0.39, 0.29) is 5.91 Å². The normalized spacial score (nSPS) is 10.7. The Kier molecular flexibility index (Phi) is 4.69. The summed E-state index contributed by atoms with van der Waals surface area (Å²) in [7, 11) is 0. The van der Waals surface area contributed by atoms with Gasteiger partial charge < -0.3 is 5.32 Å². The average molecular weight is 357 g/mol. The summed E-state index contributed by atoms with van der Waals surface area (Å²) in [5.41, 5.74) is 5.23. The van der Waals surface area contributed by atoms with Gasteiger partial charge in [0, 0.05) is 10.9 Å². The number of carbonyl (C=O) groups excluding carboxylic acids is 1. The molecule has 0 unspecified atom stereocenters. The van der Waals surface area contributed by atoms with Crippen molar-refractivity contribution in [1.82, 2.24) is 4.98 Å². The number of benzene rings is 2. The topological polar surface area (TPSA) is 42.0 Å². The Balaban J connectivity index is 1.83. The third kappa shape index (κ3) is 3.50. The van der Waals surface area contributed by atoms with Gasteiger partial charge in [-0.3, -0.25) is 4.79 Å². The fraction of sp³-hybridized carbons (Fsp3) is 0.158. The zero-order valence-corrected chi connectivity index (χ0v) is 15.3. The predicted molar refractivity (Wildman–Crippen MR) is 101 cm³/mol. The van der Waals surface area contributed by atoms with Gasteiger partial charge in [0.1, 0.15) is 10.7 Å². The molecule has 0 saturated heterocycles. The quantitative estimate of drug-likeness (QED) is 0.659. The largest absolute Gasteiger partial charge is 0.319 e. The van der Waals surface area contributed by atoms with Gasteiger partial charge in [0.2, 0.25) is 0 Å². The second-order valence-corrected chi connectivity index (χ2v) is 7.06. The van der Waals surface area contributed by atoms with Crippen molar-refractivity contribution >= 4 is 34.5 Å². The van der Waals surface area contributed by atoms with Gasteiger partial charge in [-0.05, 0) is 38.0 Å². The van der Waals surface area contributed by atoms with Crippen molar-refractivity contribution in [3.05, 3.63) is 69.2 Å². The van der Waals surface area contributed by atoms with E-state index in [4.69, 9.17) is 11.6 Å². The number of nitrogens with one attached hydrogen (secondary N) is 1. The number of nitrogens with zero attached hydrogens (tertiary/aromatic N) is 1. The van der Waals surface area contributed by atoms with E-state index in [1.807, 2.05) is 57.2 Å². The highest BCUT2D eigenvalue weighted by molar-refractivity contribution is 7.13. The minimum Gasteiger partial charge on any atom is -0.319 e. The monoisotopic (exact) mass is 356 g/mol. The lowest BCUT2D eigenvalue weighted by Crippen LogP contribution is -2.13. The first-order chi connectivity index (χ1) is 11.4. The summed E-state index contributed by atoms with van der Waals surface area (Å²) in [4.78, 5) is 16.9. The molecule has 3 aromatic rings. The fourth-order valence-corrected chi connectivity index (χ4v) is 3.63. The lowest BCUT2D eigenvalue weighted by molar-refractivity contribution is 0.102. The van der Waals surface area contributed by atoms with E-state index >= 15 is 0 Å². The van der Waals surface area contributed by atoms with Crippen LogP contribution in [-0.4, -0.2) is 10.9 Å². The maximum atomic E-state index is 12.5. The molecule has 1 N–H and O–H groups in total. The molecule has 0 atom stereocenters. The van der Waals surface area contributed by atoms with Gasteiger partial charge in [-0.15, -0.1) is 11.3 Å². The van der Waals surface area contributed by atoms with Crippen LogP contribution < -0.4 is 5.32 Å². The second kappa shape index (κ2) is 6.75. The first kappa shape index (κ1) is 16.7. The van der Waals surface area contributed by atoms with Crippen LogP contribution >= 0.6 is 22.9 Å².